The van der Waals surface area contributed by atoms with Gasteiger partial charge in [0.15, 0.2) is 28.9 Å². The molecule has 1 fully saturated rings. The van der Waals surface area contributed by atoms with E-state index < -0.39 is 33.4 Å². The van der Waals surface area contributed by atoms with E-state index in [0.717, 1.165) is 12.8 Å². The monoisotopic (exact) mass is 429 g/mol. The van der Waals surface area contributed by atoms with E-state index in [1.54, 1.807) is 0 Å². The quantitative estimate of drug-likeness (QED) is 0.718. The van der Waals surface area contributed by atoms with Gasteiger partial charge in [0.05, 0.1) is 6.61 Å². The number of nitrogens with one attached hydrogen (secondary N) is 2. The highest BCUT2D eigenvalue weighted by Gasteiger charge is 2.38. The molecule has 1 aromatic heterocycles. The van der Waals surface area contributed by atoms with E-state index in [1.165, 1.54) is 17.8 Å². The highest BCUT2D eigenvalue weighted by atomic mass is 32.2. The number of benzene rings is 1. The van der Waals surface area contributed by atoms with Crippen LogP contribution in [0, 0.1) is 23.4 Å². The van der Waals surface area contributed by atoms with E-state index in [0.29, 0.717) is 18.6 Å². The maximum atomic E-state index is 13.4. The molecule has 1 amide bonds. The van der Waals surface area contributed by atoms with Crippen LogP contribution in [0.2, 0.25) is 0 Å². The molecule has 7 nitrogen and oxygen atoms in total. The van der Waals surface area contributed by atoms with E-state index in [9.17, 15) is 26.4 Å². The molecule has 0 radical (unpaired) electrons. The molecule has 2 aliphatic rings. The van der Waals surface area contributed by atoms with Gasteiger partial charge >= 0.3 is 0 Å². The molecule has 4 rings (SSSR count). The van der Waals surface area contributed by atoms with Gasteiger partial charge in [0, 0.05) is 43.0 Å². The molecule has 0 bridgehead atoms. The number of fused-ring (bicyclic) bond motifs is 2. The molecule has 1 saturated carbocycles. The third-order valence-corrected chi connectivity index (χ3v) is 6.74. The van der Waals surface area contributed by atoms with Crippen LogP contribution in [0.1, 0.15) is 29.8 Å². The van der Waals surface area contributed by atoms with E-state index in [4.69, 9.17) is 4.74 Å². The second kappa shape index (κ2) is 7.06. The van der Waals surface area contributed by atoms with Crippen LogP contribution in [0.25, 0.3) is 0 Å². The van der Waals surface area contributed by atoms with Crippen LogP contribution in [-0.4, -0.2) is 31.5 Å². The molecule has 2 heterocycles. The lowest BCUT2D eigenvalue weighted by molar-refractivity contribution is 0.101. The second-order valence-corrected chi connectivity index (χ2v) is 8.90. The Balaban J connectivity index is 1.71. The summed E-state index contributed by atoms with van der Waals surface area (Å²) in [5, 5.41) is 2.25. The molecule has 0 saturated heterocycles. The van der Waals surface area contributed by atoms with Crippen LogP contribution in [0.5, 0.6) is 5.75 Å². The SMILES string of the molecule is Cn1cc2c(c1C(=O)Nc1cc(F)c(F)c(F)c1)OCC1CCCC1NS2(=O)=O. The number of amides is 1. The molecule has 29 heavy (non-hydrogen) atoms. The van der Waals surface area contributed by atoms with Crippen molar-refractivity contribution in [3.63, 3.8) is 0 Å². The summed E-state index contributed by atoms with van der Waals surface area (Å²) < 4.78 is 75.2. The third kappa shape index (κ3) is 3.48. The molecular weight excluding hydrogens is 411 g/mol. The first kappa shape index (κ1) is 19.8. The van der Waals surface area contributed by atoms with E-state index in [2.05, 4.69) is 10.0 Å². The van der Waals surface area contributed by atoms with Crippen molar-refractivity contribution in [1.82, 2.24) is 9.29 Å². The van der Waals surface area contributed by atoms with Crippen LogP contribution in [0.3, 0.4) is 0 Å². The lowest BCUT2D eigenvalue weighted by Gasteiger charge is -2.24. The fourth-order valence-electron chi connectivity index (χ4n) is 3.83. The number of aryl methyl sites for hydroxylation is 1. The molecule has 2 unspecified atom stereocenters. The Morgan fingerprint density at radius 1 is 1.24 bits per heavy atom. The van der Waals surface area contributed by atoms with Crippen molar-refractivity contribution in [3.05, 3.63) is 41.5 Å². The lowest BCUT2D eigenvalue weighted by Crippen LogP contribution is -2.41. The summed E-state index contributed by atoms with van der Waals surface area (Å²) in [5.41, 5.74) is -0.448. The van der Waals surface area contributed by atoms with Crippen LogP contribution < -0.4 is 14.8 Å². The Labute approximate surface area is 164 Å². The predicted octanol–water partition coefficient (Wildman–Crippen LogP) is 2.53. The van der Waals surface area contributed by atoms with Crippen molar-refractivity contribution < 1.29 is 31.1 Å². The highest BCUT2D eigenvalue weighted by Crippen LogP contribution is 2.36. The fraction of sp³-hybridized carbons (Fsp3) is 0.389. The second-order valence-electron chi connectivity index (χ2n) is 7.22. The largest absolute Gasteiger partial charge is 0.489 e. The Morgan fingerprint density at radius 2 is 1.93 bits per heavy atom. The summed E-state index contributed by atoms with van der Waals surface area (Å²) in [7, 11) is -2.48. The Morgan fingerprint density at radius 3 is 2.62 bits per heavy atom. The molecule has 2 N–H and O–H groups in total. The topological polar surface area (TPSA) is 89.4 Å². The Bertz CT molecular complexity index is 1080. The van der Waals surface area contributed by atoms with Gasteiger partial charge in [-0.2, -0.15) is 0 Å². The highest BCUT2D eigenvalue weighted by molar-refractivity contribution is 7.89. The number of sulfonamides is 1. The number of carbonyl (C=O) groups is 1. The van der Waals surface area contributed by atoms with Crippen molar-refractivity contribution in [2.75, 3.05) is 11.9 Å². The van der Waals surface area contributed by atoms with E-state index in [1.807, 2.05) is 0 Å². The van der Waals surface area contributed by atoms with Crippen molar-refractivity contribution in [3.8, 4) is 5.75 Å². The molecule has 2 atom stereocenters. The molecule has 1 aliphatic carbocycles. The predicted molar refractivity (Wildman–Crippen MR) is 96.6 cm³/mol. The van der Waals surface area contributed by atoms with Gasteiger partial charge < -0.3 is 14.6 Å². The molecule has 2 aromatic rings. The normalized spacial score (nSPS) is 22.8. The van der Waals surface area contributed by atoms with Crippen molar-refractivity contribution >= 4 is 21.6 Å². The van der Waals surface area contributed by atoms with Crippen molar-refractivity contribution in [2.45, 2.75) is 30.2 Å². The number of carbonyl (C=O) groups excluding carboxylic acids is 1. The molecule has 0 spiro atoms. The van der Waals surface area contributed by atoms with Crippen molar-refractivity contribution in [2.24, 2.45) is 13.0 Å². The van der Waals surface area contributed by atoms with Gasteiger partial charge in [-0.1, -0.05) is 6.42 Å². The van der Waals surface area contributed by atoms with Gasteiger partial charge in [0.2, 0.25) is 10.0 Å². The number of nitrogens with zero attached hydrogens (tertiary/aromatic N) is 1. The minimum Gasteiger partial charge on any atom is -0.489 e. The standard InChI is InChI=1S/C18H18F3N3O4S/c1-24-7-14-17(28-8-9-3-2-4-13(9)23-29(14,26)27)16(24)18(25)22-10-5-11(19)15(21)12(20)6-10/h5-7,9,13,23H,2-4,8H2,1H3,(H,22,25). The summed E-state index contributed by atoms with van der Waals surface area (Å²) in [6.45, 7) is 0.226. The van der Waals surface area contributed by atoms with Gasteiger partial charge in [-0.25, -0.2) is 26.3 Å². The van der Waals surface area contributed by atoms with Gasteiger partial charge in [-0.15, -0.1) is 0 Å². The average Bonchev–Trinajstić information content (AvgIpc) is 3.20. The number of rotatable bonds is 2. The first-order valence-corrected chi connectivity index (χ1v) is 10.5. The summed E-state index contributed by atoms with van der Waals surface area (Å²) in [6, 6.07) is 1.03. The zero-order valence-electron chi connectivity index (χ0n) is 15.3. The number of hydrogen-bond acceptors (Lipinski definition) is 4. The summed E-state index contributed by atoms with van der Waals surface area (Å²) in [4.78, 5) is 12.6. The number of ether oxygens (including phenoxy) is 1. The maximum Gasteiger partial charge on any atom is 0.276 e. The number of halogens is 3. The minimum atomic E-state index is -3.93. The van der Waals surface area contributed by atoms with Crippen LogP contribution in [-0.2, 0) is 17.1 Å². The van der Waals surface area contributed by atoms with Gasteiger partial charge in [-0.05, 0) is 12.8 Å². The third-order valence-electron chi connectivity index (χ3n) is 5.26. The molecule has 1 aromatic carbocycles. The first-order valence-electron chi connectivity index (χ1n) is 8.97. The van der Waals surface area contributed by atoms with Crippen LogP contribution in [0.15, 0.2) is 23.2 Å². The summed E-state index contributed by atoms with van der Waals surface area (Å²) in [5.74, 6) is -5.58. The zero-order chi connectivity index (χ0) is 20.9. The fourth-order valence-corrected chi connectivity index (χ4v) is 5.37. The number of anilines is 1. The number of aromatic nitrogens is 1. The van der Waals surface area contributed by atoms with Crippen LogP contribution in [0.4, 0.5) is 18.9 Å². The molecule has 156 valence electrons. The Hall–Kier alpha value is -2.53. The maximum absolute atomic E-state index is 13.4. The average molecular weight is 429 g/mol. The van der Waals surface area contributed by atoms with Crippen LogP contribution >= 0.6 is 0 Å². The van der Waals surface area contributed by atoms with E-state index >= 15 is 0 Å². The zero-order valence-corrected chi connectivity index (χ0v) is 16.2. The summed E-state index contributed by atoms with van der Waals surface area (Å²) in [6.07, 6.45) is 3.62. The minimum absolute atomic E-state index is 0.0191. The van der Waals surface area contributed by atoms with E-state index in [-0.39, 0.29) is 40.6 Å². The van der Waals surface area contributed by atoms with Crippen molar-refractivity contribution in [1.29, 1.82) is 0 Å². The molecule has 11 heteroatoms. The van der Waals surface area contributed by atoms with Gasteiger partial charge in [0.25, 0.3) is 5.91 Å². The molecular formula is C18H18F3N3O4S. The smallest absolute Gasteiger partial charge is 0.276 e. The first-order chi connectivity index (χ1) is 13.7. The van der Waals surface area contributed by atoms with Gasteiger partial charge in [0.1, 0.15) is 4.90 Å². The Kier molecular flexibility index (Phi) is 4.82. The number of hydrogen-bond donors (Lipinski definition) is 2. The van der Waals surface area contributed by atoms with Gasteiger partial charge in [-0.3, -0.25) is 4.79 Å². The summed E-state index contributed by atoms with van der Waals surface area (Å²) >= 11 is 0. The lowest BCUT2D eigenvalue weighted by atomic mass is 10.1. The molecule has 1 aliphatic heterocycles.